The fraction of sp³-hybridized carbons (Fsp3) is 0.263. The van der Waals surface area contributed by atoms with Gasteiger partial charge in [-0.2, -0.15) is 0 Å². The lowest BCUT2D eigenvalue weighted by molar-refractivity contribution is -0.129. The van der Waals surface area contributed by atoms with Crippen LogP contribution in [0.1, 0.15) is 18.9 Å². The molecule has 5 heteroatoms. The van der Waals surface area contributed by atoms with E-state index in [2.05, 4.69) is 34.7 Å². The molecule has 0 bridgehead atoms. The predicted molar refractivity (Wildman–Crippen MR) is 92.6 cm³/mol. The molecule has 2 aromatic rings. The van der Waals surface area contributed by atoms with Crippen LogP contribution in [0.25, 0.3) is 11.1 Å². The number of nitrogens with one attached hydrogen (secondary N) is 1. The molecule has 2 atom stereocenters. The average molecular weight is 324 g/mol. The molecular weight excluding hydrogens is 304 g/mol. The van der Waals surface area contributed by atoms with E-state index in [9.17, 15) is 4.79 Å². The Bertz CT molecular complexity index is 724. The van der Waals surface area contributed by atoms with E-state index in [4.69, 9.17) is 9.94 Å². The van der Waals surface area contributed by atoms with Gasteiger partial charge in [0.25, 0.3) is 0 Å². The summed E-state index contributed by atoms with van der Waals surface area (Å²) in [6, 6.07) is 18.4. The molecule has 1 heterocycles. The van der Waals surface area contributed by atoms with Crippen molar-refractivity contribution in [2.24, 2.45) is 5.16 Å². The van der Waals surface area contributed by atoms with Gasteiger partial charge in [0.2, 0.25) is 5.91 Å². The molecule has 0 aliphatic carbocycles. The SMILES string of the molecule is C[C@@H](O)C(=O)NC[C@H]1CC(c2ccc(-c3ccccc3)cc2)=NO1. The average Bonchev–Trinajstić information content (AvgIpc) is 3.09. The highest BCUT2D eigenvalue weighted by Crippen LogP contribution is 2.22. The van der Waals surface area contributed by atoms with Crippen LogP contribution in [-0.2, 0) is 9.63 Å². The number of oxime groups is 1. The Morgan fingerprint density at radius 1 is 1.17 bits per heavy atom. The summed E-state index contributed by atoms with van der Waals surface area (Å²) >= 11 is 0. The van der Waals surface area contributed by atoms with E-state index in [1.807, 2.05) is 30.3 Å². The molecule has 0 spiro atoms. The Labute approximate surface area is 141 Å². The third-order valence-electron chi connectivity index (χ3n) is 3.94. The Morgan fingerprint density at radius 3 is 2.46 bits per heavy atom. The molecule has 3 rings (SSSR count). The third-order valence-corrected chi connectivity index (χ3v) is 3.94. The lowest BCUT2D eigenvalue weighted by atomic mass is 10.00. The van der Waals surface area contributed by atoms with Crippen LogP contribution in [0.2, 0.25) is 0 Å². The minimum absolute atomic E-state index is 0.198. The van der Waals surface area contributed by atoms with Crippen molar-refractivity contribution in [3.05, 3.63) is 60.2 Å². The summed E-state index contributed by atoms with van der Waals surface area (Å²) in [5, 5.41) is 15.9. The summed E-state index contributed by atoms with van der Waals surface area (Å²) in [5.41, 5.74) is 4.21. The third kappa shape index (κ3) is 3.81. The lowest BCUT2D eigenvalue weighted by Crippen LogP contribution is -2.37. The van der Waals surface area contributed by atoms with Crippen molar-refractivity contribution in [1.29, 1.82) is 0 Å². The molecule has 24 heavy (non-hydrogen) atoms. The molecule has 1 aliphatic rings. The monoisotopic (exact) mass is 324 g/mol. The summed E-state index contributed by atoms with van der Waals surface area (Å²) < 4.78 is 0. The topological polar surface area (TPSA) is 70.9 Å². The van der Waals surface area contributed by atoms with Gasteiger partial charge in [-0.05, 0) is 23.6 Å². The first kappa shape index (κ1) is 16.2. The van der Waals surface area contributed by atoms with Gasteiger partial charge in [-0.25, -0.2) is 0 Å². The molecule has 2 N–H and O–H groups in total. The van der Waals surface area contributed by atoms with Crippen molar-refractivity contribution in [3.63, 3.8) is 0 Å². The molecule has 124 valence electrons. The van der Waals surface area contributed by atoms with Gasteiger partial charge >= 0.3 is 0 Å². The molecule has 0 fully saturated rings. The van der Waals surface area contributed by atoms with Crippen LogP contribution >= 0.6 is 0 Å². The van der Waals surface area contributed by atoms with Crippen LogP contribution in [0.5, 0.6) is 0 Å². The minimum atomic E-state index is -1.02. The second kappa shape index (κ2) is 7.27. The molecule has 2 aromatic carbocycles. The number of benzene rings is 2. The maximum absolute atomic E-state index is 11.4. The smallest absolute Gasteiger partial charge is 0.248 e. The van der Waals surface area contributed by atoms with Crippen LogP contribution in [0.3, 0.4) is 0 Å². The van der Waals surface area contributed by atoms with E-state index in [1.54, 1.807) is 0 Å². The second-order valence-corrected chi connectivity index (χ2v) is 5.83. The summed E-state index contributed by atoms with van der Waals surface area (Å²) in [7, 11) is 0. The van der Waals surface area contributed by atoms with Crippen LogP contribution in [0.4, 0.5) is 0 Å². The largest absolute Gasteiger partial charge is 0.390 e. The first-order valence-corrected chi connectivity index (χ1v) is 7.98. The first-order chi connectivity index (χ1) is 11.6. The fourth-order valence-corrected chi connectivity index (χ4v) is 2.56. The van der Waals surface area contributed by atoms with Gasteiger partial charge in [0.15, 0.2) is 0 Å². The molecule has 0 radical (unpaired) electrons. The summed E-state index contributed by atoms with van der Waals surface area (Å²) in [5.74, 6) is -0.403. The summed E-state index contributed by atoms with van der Waals surface area (Å²) in [4.78, 5) is 16.7. The maximum Gasteiger partial charge on any atom is 0.248 e. The zero-order valence-electron chi connectivity index (χ0n) is 13.5. The molecule has 1 amide bonds. The standard InChI is InChI=1S/C19H20N2O3/c1-13(22)19(23)20-12-17-11-18(21-24-17)16-9-7-15(8-10-16)14-5-3-2-4-6-14/h2-10,13,17,22H,11-12H2,1H3,(H,20,23)/t13-,17-/m1/s1. The molecule has 0 aromatic heterocycles. The van der Waals surface area contributed by atoms with E-state index in [0.29, 0.717) is 13.0 Å². The van der Waals surface area contributed by atoms with E-state index in [-0.39, 0.29) is 6.10 Å². The number of aliphatic hydroxyl groups excluding tert-OH is 1. The highest BCUT2D eigenvalue weighted by Gasteiger charge is 2.23. The molecule has 1 aliphatic heterocycles. The summed E-state index contributed by atoms with van der Waals surface area (Å²) in [6.45, 7) is 1.76. The molecule has 5 nitrogen and oxygen atoms in total. The van der Waals surface area contributed by atoms with E-state index < -0.39 is 12.0 Å². The predicted octanol–water partition coefficient (Wildman–Crippen LogP) is 2.34. The van der Waals surface area contributed by atoms with Crippen LogP contribution in [-0.4, -0.2) is 35.5 Å². The Hall–Kier alpha value is -2.66. The van der Waals surface area contributed by atoms with E-state index >= 15 is 0 Å². The van der Waals surface area contributed by atoms with Gasteiger partial charge in [0.1, 0.15) is 12.2 Å². The lowest BCUT2D eigenvalue weighted by Gasteiger charge is -2.11. The zero-order valence-corrected chi connectivity index (χ0v) is 13.5. The molecular formula is C19H20N2O3. The van der Waals surface area contributed by atoms with Crippen molar-refractivity contribution in [3.8, 4) is 11.1 Å². The van der Waals surface area contributed by atoms with Crippen molar-refractivity contribution >= 4 is 11.6 Å². The van der Waals surface area contributed by atoms with E-state index in [0.717, 1.165) is 16.8 Å². The van der Waals surface area contributed by atoms with Gasteiger partial charge in [-0.3, -0.25) is 4.79 Å². The Balaban J connectivity index is 1.59. The minimum Gasteiger partial charge on any atom is -0.390 e. The summed E-state index contributed by atoms with van der Waals surface area (Å²) in [6.07, 6.45) is -0.584. The highest BCUT2D eigenvalue weighted by molar-refractivity contribution is 6.01. The second-order valence-electron chi connectivity index (χ2n) is 5.83. The van der Waals surface area contributed by atoms with Crippen molar-refractivity contribution in [2.45, 2.75) is 25.6 Å². The number of hydrogen-bond donors (Lipinski definition) is 2. The van der Waals surface area contributed by atoms with Crippen molar-refractivity contribution in [2.75, 3.05) is 6.54 Å². The van der Waals surface area contributed by atoms with Gasteiger partial charge in [0.05, 0.1) is 12.3 Å². The molecule has 0 unspecified atom stereocenters. The van der Waals surface area contributed by atoms with Gasteiger partial charge < -0.3 is 15.3 Å². The van der Waals surface area contributed by atoms with Crippen LogP contribution < -0.4 is 5.32 Å². The Morgan fingerprint density at radius 2 is 1.79 bits per heavy atom. The van der Waals surface area contributed by atoms with E-state index in [1.165, 1.54) is 12.5 Å². The van der Waals surface area contributed by atoms with Crippen LogP contribution in [0, 0.1) is 0 Å². The number of aliphatic hydroxyl groups is 1. The quantitative estimate of drug-likeness (QED) is 0.887. The molecule has 0 saturated heterocycles. The number of rotatable bonds is 5. The Kier molecular flexibility index (Phi) is 4.91. The normalized spacial score (nSPS) is 17.8. The van der Waals surface area contributed by atoms with Crippen molar-refractivity contribution < 1.29 is 14.7 Å². The number of carbonyl (C=O) groups is 1. The molecule has 0 saturated carbocycles. The highest BCUT2D eigenvalue weighted by atomic mass is 16.6. The van der Waals surface area contributed by atoms with Crippen LogP contribution in [0.15, 0.2) is 59.8 Å². The number of carbonyl (C=O) groups excluding carboxylic acids is 1. The van der Waals surface area contributed by atoms with Gasteiger partial charge in [0, 0.05) is 6.42 Å². The number of nitrogens with zero attached hydrogens (tertiary/aromatic N) is 1. The maximum atomic E-state index is 11.4. The number of amides is 1. The van der Waals surface area contributed by atoms with Crippen molar-refractivity contribution in [1.82, 2.24) is 5.32 Å². The fourth-order valence-electron chi connectivity index (χ4n) is 2.56. The van der Waals surface area contributed by atoms with Gasteiger partial charge in [-0.1, -0.05) is 59.8 Å². The number of hydrogen-bond acceptors (Lipinski definition) is 4. The first-order valence-electron chi connectivity index (χ1n) is 7.98. The zero-order chi connectivity index (χ0) is 16.9. The van der Waals surface area contributed by atoms with Gasteiger partial charge in [-0.15, -0.1) is 0 Å².